The van der Waals surface area contributed by atoms with E-state index in [0.717, 1.165) is 54.7 Å². The highest BCUT2D eigenvalue weighted by Crippen LogP contribution is 2.35. The van der Waals surface area contributed by atoms with Gasteiger partial charge in [0.2, 0.25) is 0 Å². The molecule has 0 atom stereocenters. The smallest absolute Gasteiger partial charge is 0.251 e. The molecule has 0 radical (unpaired) electrons. The molecule has 0 saturated heterocycles. The van der Waals surface area contributed by atoms with Crippen molar-refractivity contribution in [1.82, 2.24) is 25.2 Å². The second-order valence-corrected chi connectivity index (χ2v) is 11.1. The minimum absolute atomic E-state index is 0.0304. The van der Waals surface area contributed by atoms with Crippen LogP contribution < -0.4 is 15.6 Å². The number of anilines is 1. The van der Waals surface area contributed by atoms with Gasteiger partial charge in [-0.3, -0.25) is 19.6 Å². The summed E-state index contributed by atoms with van der Waals surface area (Å²) in [6.07, 6.45) is 7.98. The number of benzene rings is 1. The number of hydrogen-bond acceptors (Lipinski definition) is 6. The lowest BCUT2D eigenvalue weighted by molar-refractivity contribution is 0.0950. The minimum Gasteiger partial charge on any atom is -0.369 e. The number of nitrogens with one attached hydrogen (secondary N) is 2. The van der Waals surface area contributed by atoms with Crippen LogP contribution in [0.4, 0.5) is 5.69 Å². The third kappa shape index (κ3) is 6.50. The molecule has 208 valence electrons. The molecule has 2 aromatic heterocycles. The first-order chi connectivity index (χ1) is 18.6. The summed E-state index contributed by atoms with van der Waals surface area (Å²) < 4.78 is 0. The first-order valence-electron chi connectivity index (χ1n) is 13.6. The van der Waals surface area contributed by atoms with Crippen molar-refractivity contribution >= 4 is 23.2 Å². The van der Waals surface area contributed by atoms with Gasteiger partial charge in [0.15, 0.2) is 5.43 Å². The molecule has 9 heteroatoms. The maximum atomic E-state index is 13.6. The second kappa shape index (κ2) is 12.3. The molecule has 1 saturated carbocycles. The highest BCUT2D eigenvalue weighted by Gasteiger charge is 2.28. The van der Waals surface area contributed by atoms with Gasteiger partial charge in [0.25, 0.3) is 5.91 Å². The maximum Gasteiger partial charge on any atom is 0.251 e. The van der Waals surface area contributed by atoms with Gasteiger partial charge in [-0.1, -0.05) is 11.6 Å². The Labute approximate surface area is 235 Å². The average molecular weight is 551 g/mol. The first-order valence-corrected chi connectivity index (χ1v) is 14.0. The fraction of sp³-hybridized carbons (Fsp3) is 0.467. The van der Waals surface area contributed by atoms with Gasteiger partial charge >= 0.3 is 0 Å². The third-order valence-electron chi connectivity index (χ3n) is 7.83. The molecule has 4 rings (SSSR count). The van der Waals surface area contributed by atoms with Crippen molar-refractivity contribution in [3.8, 4) is 11.3 Å². The summed E-state index contributed by atoms with van der Waals surface area (Å²) in [6.45, 7) is 8.69. The number of aromatic amines is 1. The van der Waals surface area contributed by atoms with E-state index >= 15 is 0 Å². The van der Waals surface area contributed by atoms with Crippen LogP contribution in [0.25, 0.3) is 11.3 Å². The van der Waals surface area contributed by atoms with Gasteiger partial charge in [-0.05, 0) is 85.2 Å². The van der Waals surface area contributed by atoms with E-state index in [1.807, 2.05) is 19.9 Å². The number of amides is 1. The van der Waals surface area contributed by atoms with Crippen LogP contribution in [0.1, 0.15) is 65.5 Å². The van der Waals surface area contributed by atoms with Crippen molar-refractivity contribution in [2.75, 3.05) is 25.5 Å². The van der Waals surface area contributed by atoms with E-state index in [4.69, 9.17) is 11.6 Å². The molecular weight excluding hydrogens is 512 g/mol. The topological polar surface area (TPSA) is 94.2 Å². The summed E-state index contributed by atoms with van der Waals surface area (Å²) in [5, 5.41) is 3.17. The zero-order chi connectivity index (χ0) is 28.3. The molecule has 1 aliphatic carbocycles. The van der Waals surface area contributed by atoms with Gasteiger partial charge in [-0.25, -0.2) is 0 Å². The zero-order valence-electron chi connectivity index (χ0n) is 23.8. The minimum atomic E-state index is -0.265. The van der Waals surface area contributed by atoms with Gasteiger partial charge in [-0.2, -0.15) is 0 Å². The molecule has 0 spiro atoms. The van der Waals surface area contributed by atoms with Crippen LogP contribution in [-0.4, -0.2) is 58.5 Å². The molecule has 0 bridgehead atoms. The van der Waals surface area contributed by atoms with Crippen LogP contribution in [0.3, 0.4) is 0 Å². The molecule has 2 heterocycles. The van der Waals surface area contributed by atoms with Crippen molar-refractivity contribution in [1.29, 1.82) is 0 Å². The summed E-state index contributed by atoms with van der Waals surface area (Å²) >= 11 is 6.28. The van der Waals surface area contributed by atoms with Crippen molar-refractivity contribution in [3.05, 3.63) is 74.0 Å². The van der Waals surface area contributed by atoms with E-state index in [1.54, 1.807) is 19.3 Å². The fourth-order valence-electron chi connectivity index (χ4n) is 5.54. The normalized spacial score (nSPS) is 17.3. The van der Waals surface area contributed by atoms with E-state index in [2.05, 4.69) is 57.2 Å². The van der Waals surface area contributed by atoms with E-state index in [-0.39, 0.29) is 23.0 Å². The Kier molecular flexibility index (Phi) is 9.08. The van der Waals surface area contributed by atoms with Gasteiger partial charge in [-0.15, -0.1) is 0 Å². The lowest BCUT2D eigenvalue weighted by Gasteiger charge is -2.40. The van der Waals surface area contributed by atoms with Crippen molar-refractivity contribution in [2.45, 2.75) is 72.0 Å². The third-order valence-corrected chi connectivity index (χ3v) is 8.15. The number of halogens is 1. The predicted octanol–water partition coefficient (Wildman–Crippen LogP) is 5.04. The number of hydrogen-bond donors (Lipinski definition) is 2. The lowest BCUT2D eigenvalue weighted by atomic mass is 9.88. The molecule has 1 aliphatic rings. The van der Waals surface area contributed by atoms with E-state index in [1.165, 1.54) is 6.07 Å². The number of nitrogens with zero attached hydrogens (tertiary/aromatic N) is 4. The fourth-order valence-corrected chi connectivity index (χ4v) is 5.85. The van der Waals surface area contributed by atoms with Crippen molar-refractivity contribution in [3.63, 3.8) is 0 Å². The summed E-state index contributed by atoms with van der Waals surface area (Å²) in [5.74, 6) is -0.265. The van der Waals surface area contributed by atoms with Gasteiger partial charge in [0, 0.05) is 59.9 Å². The Morgan fingerprint density at radius 3 is 2.33 bits per heavy atom. The van der Waals surface area contributed by atoms with Crippen LogP contribution in [-0.2, 0) is 6.54 Å². The predicted molar refractivity (Wildman–Crippen MR) is 158 cm³/mol. The van der Waals surface area contributed by atoms with Crippen LogP contribution in [0.15, 0.2) is 35.4 Å². The summed E-state index contributed by atoms with van der Waals surface area (Å²) in [7, 11) is 4.31. The van der Waals surface area contributed by atoms with Crippen molar-refractivity contribution < 1.29 is 4.79 Å². The quantitative estimate of drug-likeness (QED) is 0.382. The first kappa shape index (κ1) is 28.8. The Bertz CT molecular complexity index is 1380. The number of carbonyl (C=O) groups is 1. The number of H-pyrrole nitrogens is 1. The highest BCUT2D eigenvalue weighted by atomic mass is 35.5. The van der Waals surface area contributed by atoms with Gasteiger partial charge in [0.05, 0.1) is 23.1 Å². The Morgan fingerprint density at radius 1 is 1.05 bits per heavy atom. The molecule has 0 aliphatic heterocycles. The lowest BCUT2D eigenvalue weighted by Crippen LogP contribution is -2.42. The summed E-state index contributed by atoms with van der Waals surface area (Å²) in [4.78, 5) is 42.8. The number of aromatic nitrogens is 3. The second-order valence-electron chi connectivity index (χ2n) is 10.7. The molecule has 1 fully saturated rings. The maximum absolute atomic E-state index is 13.6. The highest BCUT2D eigenvalue weighted by molar-refractivity contribution is 6.30. The van der Waals surface area contributed by atoms with E-state index in [9.17, 15) is 9.59 Å². The van der Waals surface area contributed by atoms with Gasteiger partial charge < -0.3 is 20.1 Å². The molecule has 39 heavy (non-hydrogen) atoms. The van der Waals surface area contributed by atoms with Crippen LogP contribution >= 0.6 is 11.6 Å². The zero-order valence-corrected chi connectivity index (χ0v) is 24.5. The van der Waals surface area contributed by atoms with E-state index < -0.39 is 0 Å². The largest absolute Gasteiger partial charge is 0.369 e. The number of pyridine rings is 1. The molecule has 1 aromatic carbocycles. The SMILES string of the molecule is CCN(c1cc(-c2cnc(C)cn2)cc(C(=O)NCc2c(Cl)[nH]c(C)cc2=O)c1C)[C@H]1CC[C@H](N(C)C)CC1. The Hall–Kier alpha value is -3.23. The number of aryl methyl sites for hydroxylation is 2. The average Bonchev–Trinajstić information content (AvgIpc) is 2.90. The van der Waals surface area contributed by atoms with Crippen LogP contribution in [0.2, 0.25) is 5.15 Å². The molecule has 1 amide bonds. The number of carbonyl (C=O) groups excluding carboxylic acids is 1. The van der Waals surface area contributed by atoms with Crippen LogP contribution in [0, 0.1) is 20.8 Å². The monoisotopic (exact) mass is 550 g/mol. The van der Waals surface area contributed by atoms with Gasteiger partial charge in [0.1, 0.15) is 5.15 Å². The molecule has 8 nitrogen and oxygen atoms in total. The molecule has 0 unspecified atom stereocenters. The summed E-state index contributed by atoms with van der Waals surface area (Å²) in [5.41, 5.74) is 5.65. The van der Waals surface area contributed by atoms with Crippen molar-refractivity contribution in [2.24, 2.45) is 0 Å². The summed E-state index contributed by atoms with van der Waals surface area (Å²) in [6, 6.07) is 6.48. The Balaban J connectivity index is 1.70. The van der Waals surface area contributed by atoms with E-state index in [0.29, 0.717) is 34.6 Å². The molecule has 3 aromatic rings. The standard InChI is InChI=1S/C30H39ClN6O2/c1-7-37(23-10-8-22(9-11-23)36(5)6)27-14-21(26-17-32-19(3)15-33-26)13-24(20(27)4)30(39)34-16-25-28(38)12-18(2)35-29(25)31/h12-15,17,22-23H,7-11,16H2,1-6H3,(H,34,39)(H,35,38)/t22-,23-. The number of rotatable bonds is 8. The Morgan fingerprint density at radius 2 is 1.74 bits per heavy atom. The molecule has 2 N–H and O–H groups in total. The van der Waals surface area contributed by atoms with Crippen LogP contribution in [0.5, 0.6) is 0 Å². The molecular formula is C30H39ClN6O2.